The lowest BCUT2D eigenvalue weighted by Gasteiger charge is -2.15. The largest absolute Gasteiger partial charge is 0.372 e. The third-order valence-corrected chi connectivity index (χ3v) is 4.64. The number of aromatic nitrogens is 1. The summed E-state index contributed by atoms with van der Waals surface area (Å²) in [6, 6.07) is 3.86. The summed E-state index contributed by atoms with van der Waals surface area (Å²) in [6.45, 7) is 6.15. The zero-order valence-electron chi connectivity index (χ0n) is 12.5. The molecular formula is C15H18BrN3OS. The molecule has 21 heavy (non-hydrogen) atoms. The summed E-state index contributed by atoms with van der Waals surface area (Å²) in [5.74, 6) is 0.435. The van der Waals surface area contributed by atoms with Crippen LogP contribution >= 0.6 is 27.3 Å². The van der Waals surface area contributed by atoms with E-state index in [4.69, 9.17) is 0 Å². The quantitative estimate of drug-likeness (QED) is 0.856. The van der Waals surface area contributed by atoms with Gasteiger partial charge in [0.25, 0.3) is 5.91 Å². The predicted octanol–water partition coefficient (Wildman–Crippen LogP) is 4.06. The first kappa shape index (κ1) is 16.0. The number of nitrogens with one attached hydrogen (secondary N) is 2. The molecule has 0 aliphatic heterocycles. The number of hydrogen-bond donors (Lipinski definition) is 2. The second-order valence-electron chi connectivity index (χ2n) is 4.86. The Bertz CT molecular complexity index is 669. The third-order valence-electron chi connectivity index (χ3n) is 3.23. The van der Waals surface area contributed by atoms with E-state index in [0.717, 1.165) is 4.47 Å². The van der Waals surface area contributed by atoms with Gasteiger partial charge < -0.3 is 10.6 Å². The van der Waals surface area contributed by atoms with E-state index in [1.54, 1.807) is 30.6 Å². The van der Waals surface area contributed by atoms with E-state index in [1.165, 1.54) is 15.3 Å². The van der Waals surface area contributed by atoms with Gasteiger partial charge >= 0.3 is 0 Å². The van der Waals surface area contributed by atoms with Gasteiger partial charge in [0.1, 0.15) is 5.82 Å². The summed E-state index contributed by atoms with van der Waals surface area (Å²) in [5, 5.41) is 5.98. The molecule has 0 saturated heterocycles. The van der Waals surface area contributed by atoms with E-state index >= 15 is 0 Å². The number of rotatable bonds is 4. The standard InChI is InChI=1S/C15H18BrN3OS/c1-8-5-12(10(3)21-8)9(2)19-15(20)13-6-11(16)7-18-14(13)17-4/h5-7,9H,1-4H3,(H,17,18)(H,19,20). The number of aryl methyl sites for hydroxylation is 2. The SMILES string of the molecule is CNc1ncc(Br)cc1C(=O)NC(C)c1cc(C)sc1C. The van der Waals surface area contributed by atoms with Gasteiger partial charge in [-0.15, -0.1) is 11.3 Å². The smallest absolute Gasteiger partial charge is 0.255 e. The van der Waals surface area contributed by atoms with Crippen molar-refractivity contribution in [3.05, 3.63) is 43.7 Å². The van der Waals surface area contributed by atoms with Crippen molar-refractivity contribution in [2.75, 3.05) is 12.4 Å². The highest BCUT2D eigenvalue weighted by Crippen LogP contribution is 2.27. The van der Waals surface area contributed by atoms with Gasteiger partial charge in [0, 0.05) is 27.5 Å². The molecule has 2 aromatic heterocycles. The lowest BCUT2D eigenvalue weighted by Crippen LogP contribution is -2.27. The van der Waals surface area contributed by atoms with Crippen molar-refractivity contribution in [3.8, 4) is 0 Å². The van der Waals surface area contributed by atoms with E-state index in [2.05, 4.69) is 51.5 Å². The first-order valence-corrected chi connectivity index (χ1v) is 8.24. The van der Waals surface area contributed by atoms with Crippen LogP contribution in [0.15, 0.2) is 22.8 Å². The first-order chi connectivity index (χ1) is 9.92. The van der Waals surface area contributed by atoms with Crippen molar-refractivity contribution in [2.45, 2.75) is 26.8 Å². The Kier molecular flexibility index (Phi) is 5.00. The minimum Gasteiger partial charge on any atom is -0.372 e. The lowest BCUT2D eigenvalue weighted by atomic mass is 10.1. The molecule has 2 N–H and O–H groups in total. The fourth-order valence-electron chi connectivity index (χ4n) is 2.24. The van der Waals surface area contributed by atoms with Gasteiger partial charge in [0.05, 0.1) is 11.6 Å². The van der Waals surface area contributed by atoms with Gasteiger partial charge in [-0.3, -0.25) is 4.79 Å². The average Bonchev–Trinajstić information content (AvgIpc) is 2.77. The first-order valence-electron chi connectivity index (χ1n) is 6.63. The molecule has 2 heterocycles. The maximum absolute atomic E-state index is 12.5. The molecule has 0 spiro atoms. The van der Waals surface area contributed by atoms with Crippen LogP contribution in [0.5, 0.6) is 0 Å². The van der Waals surface area contributed by atoms with E-state index < -0.39 is 0 Å². The summed E-state index contributed by atoms with van der Waals surface area (Å²) in [5.41, 5.74) is 1.70. The number of carbonyl (C=O) groups is 1. The predicted molar refractivity (Wildman–Crippen MR) is 91.2 cm³/mol. The number of halogens is 1. The molecule has 0 bridgehead atoms. The molecule has 6 heteroatoms. The number of pyridine rings is 1. The molecule has 2 rings (SSSR count). The van der Waals surface area contributed by atoms with Crippen LogP contribution in [0.4, 0.5) is 5.82 Å². The van der Waals surface area contributed by atoms with E-state index in [1.807, 2.05) is 6.92 Å². The second kappa shape index (κ2) is 6.58. The highest BCUT2D eigenvalue weighted by atomic mass is 79.9. The van der Waals surface area contributed by atoms with Crippen molar-refractivity contribution < 1.29 is 4.79 Å². The number of nitrogens with zero attached hydrogens (tertiary/aromatic N) is 1. The Morgan fingerprint density at radius 3 is 2.67 bits per heavy atom. The Balaban J connectivity index is 2.22. The lowest BCUT2D eigenvalue weighted by molar-refractivity contribution is 0.0940. The highest BCUT2D eigenvalue weighted by Gasteiger charge is 2.18. The molecule has 1 atom stereocenters. The molecule has 0 aliphatic carbocycles. The normalized spacial score (nSPS) is 12.0. The molecule has 0 aromatic carbocycles. The Labute approximate surface area is 137 Å². The zero-order chi connectivity index (χ0) is 15.6. The average molecular weight is 368 g/mol. The van der Waals surface area contributed by atoms with E-state index in [0.29, 0.717) is 11.4 Å². The van der Waals surface area contributed by atoms with Crippen LogP contribution in [-0.4, -0.2) is 17.9 Å². The molecule has 0 radical (unpaired) electrons. The van der Waals surface area contributed by atoms with Crippen LogP contribution in [0.25, 0.3) is 0 Å². The monoisotopic (exact) mass is 367 g/mol. The number of carbonyl (C=O) groups excluding carboxylic acids is 1. The maximum atomic E-state index is 12.5. The number of amides is 1. The topological polar surface area (TPSA) is 54.0 Å². The van der Waals surface area contributed by atoms with Gasteiger partial charge in [-0.05, 0) is 54.4 Å². The molecule has 4 nitrogen and oxygen atoms in total. The minimum atomic E-state index is -0.135. The van der Waals surface area contributed by atoms with E-state index in [-0.39, 0.29) is 11.9 Å². The molecule has 0 aliphatic rings. The second-order valence-corrected chi connectivity index (χ2v) is 7.24. The van der Waals surface area contributed by atoms with Crippen LogP contribution in [0.2, 0.25) is 0 Å². The van der Waals surface area contributed by atoms with Gasteiger partial charge in [-0.25, -0.2) is 4.98 Å². The number of hydrogen-bond acceptors (Lipinski definition) is 4. The number of anilines is 1. The summed E-state index contributed by atoms with van der Waals surface area (Å²) < 4.78 is 0.780. The van der Waals surface area contributed by atoms with Crippen LogP contribution in [-0.2, 0) is 0 Å². The van der Waals surface area contributed by atoms with Crippen LogP contribution in [0.3, 0.4) is 0 Å². The van der Waals surface area contributed by atoms with Gasteiger partial charge in [-0.2, -0.15) is 0 Å². The fraction of sp³-hybridized carbons (Fsp3) is 0.333. The van der Waals surface area contributed by atoms with Crippen molar-refractivity contribution in [2.24, 2.45) is 0 Å². The van der Waals surface area contributed by atoms with Crippen LogP contribution in [0.1, 0.15) is 38.6 Å². The Morgan fingerprint density at radius 1 is 1.38 bits per heavy atom. The number of thiophene rings is 1. The Morgan fingerprint density at radius 2 is 2.10 bits per heavy atom. The minimum absolute atomic E-state index is 0.0360. The molecular weight excluding hydrogens is 350 g/mol. The molecule has 2 aromatic rings. The van der Waals surface area contributed by atoms with Gasteiger partial charge in [0.15, 0.2) is 0 Å². The zero-order valence-corrected chi connectivity index (χ0v) is 14.9. The summed E-state index contributed by atoms with van der Waals surface area (Å²) in [7, 11) is 1.75. The van der Waals surface area contributed by atoms with Crippen LogP contribution in [0, 0.1) is 13.8 Å². The van der Waals surface area contributed by atoms with Crippen molar-refractivity contribution >= 4 is 39.0 Å². The molecule has 1 unspecified atom stereocenters. The maximum Gasteiger partial charge on any atom is 0.255 e. The summed E-state index contributed by atoms with van der Waals surface area (Å²) in [4.78, 5) is 19.2. The Hall–Kier alpha value is -1.40. The van der Waals surface area contributed by atoms with Crippen molar-refractivity contribution in [1.82, 2.24) is 10.3 Å². The van der Waals surface area contributed by atoms with Gasteiger partial charge in [0.2, 0.25) is 0 Å². The van der Waals surface area contributed by atoms with Gasteiger partial charge in [-0.1, -0.05) is 0 Å². The van der Waals surface area contributed by atoms with Crippen LogP contribution < -0.4 is 10.6 Å². The summed E-state index contributed by atoms with van der Waals surface area (Å²) >= 11 is 5.10. The molecule has 0 fully saturated rings. The molecule has 112 valence electrons. The molecule has 1 amide bonds. The highest BCUT2D eigenvalue weighted by molar-refractivity contribution is 9.10. The molecule has 0 saturated carbocycles. The van der Waals surface area contributed by atoms with Crippen molar-refractivity contribution in [1.29, 1.82) is 0 Å². The third kappa shape index (κ3) is 3.63. The summed E-state index contributed by atoms with van der Waals surface area (Å²) in [6.07, 6.45) is 1.67. The van der Waals surface area contributed by atoms with Crippen molar-refractivity contribution in [3.63, 3.8) is 0 Å². The fourth-order valence-corrected chi connectivity index (χ4v) is 3.60. The van der Waals surface area contributed by atoms with E-state index in [9.17, 15) is 4.79 Å².